The molecule has 0 spiro atoms. The van der Waals surface area contributed by atoms with Gasteiger partial charge in [-0.2, -0.15) is 0 Å². The molecule has 0 saturated carbocycles. The van der Waals surface area contributed by atoms with E-state index >= 15 is 0 Å². The van der Waals surface area contributed by atoms with Crippen LogP contribution in [0.4, 0.5) is 11.4 Å². The van der Waals surface area contributed by atoms with Crippen molar-refractivity contribution in [1.29, 1.82) is 0 Å². The minimum absolute atomic E-state index is 0.178. The lowest BCUT2D eigenvalue weighted by molar-refractivity contribution is 0.0946. The topological polar surface area (TPSA) is 54.0 Å². The molecule has 1 amide bonds. The van der Waals surface area contributed by atoms with E-state index in [1.54, 1.807) is 12.3 Å². The van der Waals surface area contributed by atoms with Crippen molar-refractivity contribution >= 4 is 17.3 Å². The number of carbonyl (C=O) groups excluding carboxylic acids is 1. The number of nitrogens with zero attached hydrogens (tertiary/aromatic N) is 1. The first-order chi connectivity index (χ1) is 12.2. The van der Waals surface area contributed by atoms with Crippen molar-refractivity contribution in [2.75, 3.05) is 5.32 Å². The van der Waals surface area contributed by atoms with E-state index in [2.05, 4.69) is 34.7 Å². The number of aromatic nitrogens is 1. The number of anilines is 2. The average molecular weight is 331 g/mol. The van der Waals surface area contributed by atoms with Gasteiger partial charge in [0.15, 0.2) is 0 Å². The van der Waals surface area contributed by atoms with Crippen molar-refractivity contribution in [1.82, 2.24) is 10.3 Å². The first-order valence-corrected chi connectivity index (χ1v) is 8.39. The fraction of sp³-hybridized carbons (Fsp3) is 0.143. The lowest BCUT2D eigenvalue weighted by Gasteiger charge is -2.08. The van der Waals surface area contributed by atoms with Gasteiger partial charge < -0.3 is 10.6 Å². The Kier molecular flexibility index (Phi) is 5.42. The minimum atomic E-state index is -0.178. The Balaban J connectivity index is 1.58. The monoisotopic (exact) mass is 331 g/mol. The predicted molar refractivity (Wildman–Crippen MR) is 101 cm³/mol. The lowest BCUT2D eigenvalue weighted by atomic mass is 10.1. The van der Waals surface area contributed by atoms with Crippen molar-refractivity contribution in [2.45, 2.75) is 19.9 Å². The van der Waals surface area contributed by atoms with E-state index in [1.165, 1.54) is 5.56 Å². The molecular weight excluding hydrogens is 310 g/mol. The molecule has 1 heterocycles. The second-order valence-corrected chi connectivity index (χ2v) is 5.78. The van der Waals surface area contributed by atoms with Crippen LogP contribution in [0.15, 0.2) is 72.9 Å². The average Bonchev–Trinajstić information content (AvgIpc) is 2.68. The third-order valence-corrected chi connectivity index (χ3v) is 3.94. The molecule has 25 heavy (non-hydrogen) atoms. The zero-order valence-corrected chi connectivity index (χ0v) is 14.2. The van der Waals surface area contributed by atoms with E-state index in [4.69, 9.17) is 0 Å². The molecule has 0 radical (unpaired) electrons. The molecular formula is C21H21N3O. The molecule has 2 aromatic carbocycles. The van der Waals surface area contributed by atoms with Gasteiger partial charge in [0.2, 0.25) is 0 Å². The largest absolute Gasteiger partial charge is 0.354 e. The number of hydrogen-bond acceptors (Lipinski definition) is 3. The van der Waals surface area contributed by atoms with Gasteiger partial charge in [-0.15, -0.1) is 0 Å². The quantitative estimate of drug-likeness (QED) is 0.707. The van der Waals surface area contributed by atoms with Gasteiger partial charge in [0.05, 0.1) is 11.9 Å². The van der Waals surface area contributed by atoms with Crippen LogP contribution in [0.2, 0.25) is 0 Å². The molecule has 0 aliphatic carbocycles. The van der Waals surface area contributed by atoms with Crippen molar-refractivity contribution in [3.63, 3.8) is 0 Å². The molecule has 0 bridgehead atoms. The van der Waals surface area contributed by atoms with Gasteiger partial charge >= 0.3 is 0 Å². The molecule has 0 aliphatic rings. The van der Waals surface area contributed by atoms with E-state index in [0.29, 0.717) is 12.2 Å². The Bertz CT molecular complexity index is 812. The molecule has 126 valence electrons. The lowest BCUT2D eigenvalue weighted by Crippen LogP contribution is -2.23. The van der Waals surface area contributed by atoms with Crippen molar-refractivity contribution in [3.05, 3.63) is 89.7 Å². The number of amides is 1. The minimum Gasteiger partial charge on any atom is -0.354 e. The summed E-state index contributed by atoms with van der Waals surface area (Å²) < 4.78 is 0. The summed E-state index contributed by atoms with van der Waals surface area (Å²) in [6, 6.07) is 21.7. The van der Waals surface area contributed by atoms with Crippen LogP contribution < -0.4 is 10.6 Å². The molecule has 3 rings (SSSR count). The first kappa shape index (κ1) is 16.7. The number of benzene rings is 2. The van der Waals surface area contributed by atoms with Crippen molar-refractivity contribution in [3.8, 4) is 0 Å². The van der Waals surface area contributed by atoms with Gasteiger partial charge in [-0.1, -0.05) is 49.4 Å². The smallest absolute Gasteiger partial charge is 0.270 e. The zero-order chi connectivity index (χ0) is 17.5. The van der Waals surface area contributed by atoms with Gasteiger partial charge in [0.1, 0.15) is 5.69 Å². The molecule has 1 aromatic heterocycles. The van der Waals surface area contributed by atoms with Gasteiger partial charge in [-0.05, 0) is 41.8 Å². The Morgan fingerprint density at radius 2 is 1.60 bits per heavy atom. The number of rotatable bonds is 6. The second kappa shape index (κ2) is 8.11. The number of aryl methyl sites for hydroxylation is 1. The molecule has 0 saturated heterocycles. The third kappa shape index (κ3) is 4.67. The fourth-order valence-electron chi connectivity index (χ4n) is 2.46. The summed E-state index contributed by atoms with van der Waals surface area (Å²) in [6.45, 7) is 2.62. The van der Waals surface area contributed by atoms with Gasteiger partial charge in [0.25, 0.3) is 5.91 Å². The summed E-state index contributed by atoms with van der Waals surface area (Å²) in [5.74, 6) is -0.178. The highest BCUT2D eigenvalue weighted by atomic mass is 16.1. The molecule has 0 fully saturated rings. The number of pyridine rings is 1. The summed E-state index contributed by atoms with van der Waals surface area (Å²) in [5, 5.41) is 6.16. The van der Waals surface area contributed by atoms with Crippen LogP contribution in [0.5, 0.6) is 0 Å². The normalized spacial score (nSPS) is 10.3. The molecule has 4 nitrogen and oxygen atoms in total. The van der Waals surface area contributed by atoms with Gasteiger partial charge in [0, 0.05) is 12.2 Å². The Labute approximate surface area is 147 Å². The molecule has 4 heteroatoms. The van der Waals surface area contributed by atoms with Crippen LogP contribution in [0, 0.1) is 0 Å². The van der Waals surface area contributed by atoms with Crippen LogP contribution in [-0.4, -0.2) is 10.9 Å². The Morgan fingerprint density at radius 3 is 2.24 bits per heavy atom. The van der Waals surface area contributed by atoms with Crippen LogP contribution in [0.3, 0.4) is 0 Å². The highest BCUT2D eigenvalue weighted by Crippen LogP contribution is 2.16. The molecule has 2 N–H and O–H groups in total. The molecule has 0 atom stereocenters. The zero-order valence-electron chi connectivity index (χ0n) is 14.2. The second-order valence-electron chi connectivity index (χ2n) is 5.78. The molecule has 0 aliphatic heterocycles. The summed E-state index contributed by atoms with van der Waals surface area (Å²) in [6.07, 6.45) is 2.69. The van der Waals surface area contributed by atoms with Crippen molar-refractivity contribution < 1.29 is 4.79 Å². The Morgan fingerprint density at radius 1 is 0.880 bits per heavy atom. The van der Waals surface area contributed by atoms with E-state index in [-0.39, 0.29) is 5.91 Å². The number of hydrogen-bond donors (Lipinski definition) is 2. The molecule has 0 unspecified atom stereocenters. The van der Waals surface area contributed by atoms with Gasteiger partial charge in [-0.3, -0.25) is 4.79 Å². The maximum absolute atomic E-state index is 12.2. The van der Waals surface area contributed by atoms with Crippen LogP contribution in [0.1, 0.15) is 28.5 Å². The summed E-state index contributed by atoms with van der Waals surface area (Å²) in [5.41, 5.74) is 4.62. The van der Waals surface area contributed by atoms with E-state index in [1.807, 2.05) is 48.5 Å². The number of nitrogens with one attached hydrogen (secondary N) is 2. The standard InChI is InChI=1S/C21H21N3O/c1-2-16-8-10-18(11-9-16)24-19-12-13-20(22-15-19)21(25)23-14-17-6-4-3-5-7-17/h3-13,15,24H,2,14H2,1H3,(H,23,25). The predicted octanol–water partition coefficient (Wildman–Crippen LogP) is 4.32. The summed E-state index contributed by atoms with van der Waals surface area (Å²) in [4.78, 5) is 16.4. The highest BCUT2D eigenvalue weighted by molar-refractivity contribution is 5.92. The van der Waals surface area contributed by atoms with Gasteiger partial charge in [-0.25, -0.2) is 4.98 Å². The fourth-order valence-corrected chi connectivity index (χ4v) is 2.46. The number of carbonyl (C=O) groups is 1. The van der Waals surface area contributed by atoms with Crippen molar-refractivity contribution in [2.24, 2.45) is 0 Å². The van der Waals surface area contributed by atoms with E-state index < -0.39 is 0 Å². The maximum Gasteiger partial charge on any atom is 0.270 e. The third-order valence-electron chi connectivity index (χ3n) is 3.94. The summed E-state index contributed by atoms with van der Waals surface area (Å²) >= 11 is 0. The summed E-state index contributed by atoms with van der Waals surface area (Å²) in [7, 11) is 0. The van der Waals surface area contributed by atoms with E-state index in [9.17, 15) is 4.79 Å². The van der Waals surface area contributed by atoms with Crippen LogP contribution in [-0.2, 0) is 13.0 Å². The first-order valence-electron chi connectivity index (χ1n) is 8.39. The van der Waals surface area contributed by atoms with Crippen LogP contribution >= 0.6 is 0 Å². The SMILES string of the molecule is CCc1ccc(Nc2ccc(C(=O)NCc3ccccc3)nc2)cc1. The maximum atomic E-state index is 12.2. The van der Waals surface area contributed by atoms with Crippen LogP contribution in [0.25, 0.3) is 0 Å². The highest BCUT2D eigenvalue weighted by Gasteiger charge is 2.07. The Hall–Kier alpha value is -3.14. The molecule has 3 aromatic rings. The van der Waals surface area contributed by atoms with E-state index in [0.717, 1.165) is 23.4 Å².